The Bertz CT molecular complexity index is 861. The number of hydrogen-bond acceptors (Lipinski definition) is 2. The maximum absolute atomic E-state index is 11.4. The van der Waals surface area contributed by atoms with Crippen LogP contribution in [0.1, 0.15) is 50.4 Å². The lowest BCUT2D eigenvalue weighted by molar-refractivity contribution is -0.117. The van der Waals surface area contributed by atoms with E-state index in [4.69, 9.17) is 0 Å². The third-order valence-corrected chi connectivity index (χ3v) is 4.48. The fourth-order valence-corrected chi connectivity index (χ4v) is 2.67. The normalized spacial score (nSPS) is 12.5. The molecule has 3 aromatic rings. The molecule has 1 fully saturated rings. The van der Waals surface area contributed by atoms with Crippen molar-refractivity contribution < 1.29 is 4.79 Å². The van der Waals surface area contributed by atoms with Crippen LogP contribution in [0.5, 0.6) is 0 Å². The molecular formula is C23H31N3O. The Kier molecular flexibility index (Phi) is 7.59. The van der Waals surface area contributed by atoms with Gasteiger partial charge in [-0.3, -0.25) is 9.89 Å². The van der Waals surface area contributed by atoms with Crippen molar-refractivity contribution in [1.82, 2.24) is 10.2 Å². The topological polar surface area (TPSA) is 57.8 Å². The van der Waals surface area contributed by atoms with Crippen LogP contribution in [0.4, 0.5) is 5.69 Å². The molecule has 0 radical (unpaired) electrons. The minimum absolute atomic E-state index is 0.175. The van der Waals surface area contributed by atoms with Crippen LogP contribution >= 0.6 is 0 Å². The zero-order valence-electron chi connectivity index (χ0n) is 17.1. The third-order valence-electron chi connectivity index (χ3n) is 4.48. The van der Waals surface area contributed by atoms with E-state index in [1.54, 1.807) is 0 Å². The fraction of sp³-hybridized carbons (Fsp3) is 0.391. The highest BCUT2D eigenvalue weighted by atomic mass is 16.2. The first-order valence-electron chi connectivity index (χ1n) is 9.88. The summed E-state index contributed by atoms with van der Waals surface area (Å²) in [5.41, 5.74) is 5.67. The first-order chi connectivity index (χ1) is 13.1. The van der Waals surface area contributed by atoms with Crippen LogP contribution in [-0.4, -0.2) is 16.1 Å². The van der Waals surface area contributed by atoms with E-state index in [-0.39, 0.29) is 11.8 Å². The summed E-state index contributed by atoms with van der Waals surface area (Å²) < 4.78 is 0. The molecule has 1 amide bonds. The van der Waals surface area contributed by atoms with Gasteiger partial charge in [0, 0.05) is 22.7 Å². The monoisotopic (exact) mass is 365 g/mol. The predicted molar refractivity (Wildman–Crippen MR) is 114 cm³/mol. The van der Waals surface area contributed by atoms with Gasteiger partial charge in [0.25, 0.3) is 0 Å². The number of aromatic nitrogens is 2. The van der Waals surface area contributed by atoms with Gasteiger partial charge in [-0.05, 0) is 62.4 Å². The Labute approximate surface area is 162 Å². The maximum atomic E-state index is 11.4. The van der Waals surface area contributed by atoms with Crippen molar-refractivity contribution in [2.75, 3.05) is 5.32 Å². The molecule has 0 aliphatic heterocycles. The first kappa shape index (κ1) is 20.7. The van der Waals surface area contributed by atoms with E-state index in [1.807, 2.05) is 32.9 Å². The van der Waals surface area contributed by atoms with Gasteiger partial charge < -0.3 is 5.32 Å². The summed E-state index contributed by atoms with van der Waals surface area (Å²) in [6.45, 7) is 10.2. The van der Waals surface area contributed by atoms with Crippen molar-refractivity contribution in [2.24, 2.45) is 5.92 Å². The van der Waals surface area contributed by atoms with E-state index >= 15 is 0 Å². The van der Waals surface area contributed by atoms with E-state index in [0.717, 1.165) is 36.2 Å². The highest BCUT2D eigenvalue weighted by molar-refractivity contribution is 5.94. The molecule has 4 heteroatoms. The van der Waals surface area contributed by atoms with Crippen LogP contribution in [0.3, 0.4) is 0 Å². The molecule has 2 aromatic carbocycles. The molecule has 1 aliphatic rings. The molecule has 1 heterocycles. The largest absolute Gasteiger partial charge is 0.326 e. The number of aryl methyl sites for hydroxylation is 3. The quantitative estimate of drug-likeness (QED) is 0.616. The van der Waals surface area contributed by atoms with Crippen molar-refractivity contribution in [3.63, 3.8) is 0 Å². The number of nitrogens with zero attached hydrogens (tertiary/aromatic N) is 1. The minimum atomic E-state index is 0.175. The summed E-state index contributed by atoms with van der Waals surface area (Å²) in [4.78, 5) is 11.4. The van der Waals surface area contributed by atoms with E-state index in [0.29, 0.717) is 0 Å². The van der Waals surface area contributed by atoms with Crippen LogP contribution in [-0.2, 0) is 11.2 Å². The van der Waals surface area contributed by atoms with Crippen LogP contribution in [0.15, 0.2) is 42.5 Å². The Morgan fingerprint density at radius 1 is 1.11 bits per heavy atom. The number of carbonyl (C=O) groups excluding carboxylic acids is 1. The van der Waals surface area contributed by atoms with Gasteiger partial charge >= 0.3 is 0 Å². The number of amides is 1. The number of carbonyl (C=O) groups is 1. The Hall–Kier alpha value is -2.62. The predicted octanol–water partition coefficient (Wildman–Crippen LogP) is 5.80. The lowest BCUT2D eigenvalue weighted by Crippen LogP contribution is -2.13. The second-order valence-corrected chi connectivity index (χ2v) is 6.68. The zero-order chi connectivity index (χ0) is 19.8. The first-order valence-corrected chi connectivity index (χ1v) is 9.88. The summed E-state index contributed by atoms with van der Waals surface area (Å²) in [6, 6.07) is 14.3. The molecule has 0 unspecified atom stereocenters. The van der Waals surface area contributed by atoms with E-state index in [9.17, 15) is 4.79 Å². The SMILES string of the molecule is CC.CCc1ccc(NC(=O)C2CC2)cc1.Cc1ccc2c(C)[nH]nc2c1. The lowest BCUT2D eigenvalue weighted by Gasteiger charge is -2.04. The number of anilines is 1. The second-order valence-electron chi connectivity index (χ2n) is 6.68. The zero-order valence-corrected chi connectivity index (χ0v) is 17.1. The molecule has 0 bridgehead atoms. The minimum Gasteiger partial charge on any atom is -0.326 e. The van der Waals surface area contributed by atoms with Gasteiger partial charge in [-0.2, -0.15) is 5.10 Å². The van der Waals surface area contributed by atoms with Gasteiger partial charge in [0.1, 0.15) is 0 Å². The standard InChI is InChI=1S/C12H15NO.C9H10N2.C2H6/c1-2-9-3-7-11(8-4-9)13-12(14)10-5-6-10;1-6-3-4-8-7(2)10-11-9(8)5-6;1-2/h3-4,7-8,10H,2,5-6H2,1H3,(H,13,14);3-5H,1-2H3,(H,10,11);1-2H3. The number of benzene rings is 2. The smallest absolute Gasteiger partial charge is 0.227 e. The van der Waals surface area contributed by atoms with Gasteiger partial charge in [0.2, 0.25) is 5.91 Å². The van der Waals surface area contributed by atoms with Crippen molar-refractivity contribution in [3.8, 4) is 0 Å². The molecule has 1 aliphatic carbocycles. The highest BCUT2D eigenvalue weighted by Gasteiger charge is 2.29. The molecule has 4 rings (SSSR count). The lowest BCUT2D eigenvalue weighted by atomic mass is 10.1. The number of fused-ring (bicyclic) bond motifs is 1. The molecule has 27 heavy (non-hydrogen) atoms. The average Bonchev–Trinajstić information content (AvgIpc) is 3.49. The van der Waals surface area contributed by atoms with Crippen molar-refractivity contribution in [3.05, 3.63) is 59.3 Å². The Balaban J connectivity index is 0.000000181. The van der Waals surface area contributed by atoms with Crippen molar-refractivity contribution in [2.45, 2.75) is 53.9 Å². The molecule has 0 saturated heterocycles. The van der Waals surface area contributed by atoms with E-state index in [1.165, 1.54) is 16.5 Å². The van der Waals surface area contributed by atoms with E-state index < -0.39 is 0 Å². The Morgan fingerprint density at radius 2 is 1.78 bits per heavy atom. The molecular weight excluding hydrogens is 334 g/mol. The van der Waals surface area contributed by atoms with Gasteiger partial charge in [-0.25, -0.2) is 0 Å². The van der Waals surface area contributed by atoms with E-state index in [2.05, 4.69) is 59.7 Å². The summed E-state index contributed by atoms with van der Waals surface area (Å²) in [7, 11) is 0. The van der Waals surface area contributed by atoms with Crippen LogP contribution < -0.4 is 5.32 Å². The maximum Gasteiger partial charge on any atom is 0.227 e. The third kappa shape index (κ3) is 5.95. The molecule has 2 N–H and O–H groups in total. The number of nitrogens with one attached hydrogen (secondary N) is 2. The summed E-state index contributed by atoms with van der Waals surface area (Å²) >= 11 is 0. The molecule has 1 aromatic heterocycles. The Morgan fingerprint density at radius 3 is 2.37 bits per heavy atom. The average molecular weight is 366 g/mol. The molecule has 144 valence electrons. The number of rotatable bonds is 3. The highest BCUT2D eigenvalue weighted by Crippen LogP contribution is 2.30. The molecule has 0 spiro atoms. The van der Waals surface area contributed by atoms with Gasteiger partial charge in [0.15, 0.2) is 0 Å². The van der Waals surface area contributed by atoms with Crippen LogP contribution in [0, 0.1) is 19.8 Å². The van der Waals surface area contributed by atoms with Crippen molar-refractivity contribution >= 4 is 22.5 Å². The molecule has 0 atom stereocenters. The molecule has 1 saturated carbocycles. The van der Waals surface area contributed by atoms with Gasteiger partial charge in [-0.1, -0.05) is 45.0 Å². The second kappa shape index (κ2) is 9.91. The number of H-pyrrole nitrogens is 1. The number of aromatic amines is 1. The van der Waals surface area contributed by atoms with Crippen LogP contribution in [0.2, 0.25) is 0 Å². The summed E-state index contributed by atoms with van der Waals surface area (Å²) in [6.07, 6.45) is 3.15. The van der Waals surface area contributed by atoms with Gasteiger partial charge in [-0.15, -0.1) is 0 Å². The fourth-order valence-electron chi connectivity index (χ4n) is 2.67. The number of hydrogen-bond donors (Lipinski definition) is 2. The van der Waals surface area contributed by atoms with Crippen LogP contribution in [0.25, 0.3) is 10.9 Å². The summed E-state index contributed by atoms with van der Waals surface area (Å²) in [5, 5.41) is 11.2. The summed E-state index contributed by atoms with van der Waals surface area (Å²) in [5.74, 6) is 0.454. The van der Waals surface area contributed by atoms with Gasteiger partial charge in [0.05, 0.1) is 5.52 Å². The molecule has 4 nitrogen and oxygen atoms in total. The van der Waals surface area contributed by atoms with Crippen molar-refractivity contribution in [1.29, 1.82) is 0 Å².